The predicted molar refractivity (Wildman–Crippen MR) is 62.0 cm³/mol. The van der Waals surface area contributed by atoms with E-state index in [0.717, 1.165) is 19.3 Å². The van der Waals surface area contributed by atoms with Crippen molar-refractivity contribution in [3.63, 3.8) is 0 Å². The van der Waals surface area contributed by atoms with Crippen molar-refractivity contribution in [2.24, 2.45) is 17.6 Å². The fourth-order valence-corrected chi connectivity index (χ4v) is 1.93. The summed E-state index contributed by atoms with van der Waals surface area (Å²) >= 11 is 0. The van der Waals surface area contributed by atoms with Gasteiger partial charge in [-0.15, -0.1) is 0 Å². The topological polar surface area (TPSA) is 59.0 Å². The third kappa shape index (κ3) is 4.63. The van der Waals surface area contributed by atoms with E-state index in [1.54, 1.807) is 7.11 Å². The summed E-state index contributed by atoms with van der Waals surface area (Å²) in [6.07, 6.45) is 3.58. The van der Waals surface area contributed by atoms with Gasteiger partial charge in [0.05, 0.1) is 6.07 Å². The Kier molecular flexibility index (Phi) is 6.55. The quantitative estimate of drug-likeness (QED) is 0.660. The largest absolute Gasteiger partial charge is 0.364 e. The van der Waals surface area contributed by atoms with Gasteiger partial charge in [0.2, 0.25) is 0 Å². The molecule has 0 aromatic carbocycles. The Morgan fingerprint density at radius 3 is 2.47 bits per heavy atom. The van der Waals surface area contributed by atoms with E-state index in [9.17, 15) is 0 Å². The normalized spacial score (nSPS) is 18.9. The van der Waals surface area contributed by atoms with Gasteiger partial charge in [0.25, 0.3) is 0 Å². The second-order valence-corrected chi connectivity index (χ2v) is 4.52. The molecular weight excluding hydrogens is 188 g/mol. The van der Waals surface area contributed by atoms with Crippen molar-refractivity contribution < 1.29 is 4.74 Å². The molecule has 3 heteroatoms. The SMILES string of the molecule is CCCC(C)CC(N)(OC)C(C)CC#N. The molecule has 0 aliphatic rings. The third-order valence-electron chi connectivity index (χ3n) is 3.06. The van der Waals surface area contributed by atoms with Crippen LogP contribution < -0.4 is 5.73 Å². The van der Waals surface area contributed by atoms with Crippen LogP contribution in [0.1, 0.15) is 46.5 Å². The van der Waals surface area contributed by atoms with Gasteiger partial charge in [-0.25, -0.2) is 0 Å². The molecule has 3 nitrogen and oxygen atoms in total. The Morgan fingerprint density at radius 1 is 1.47 bits per heavy atom. The molecule has 0 saturated heterocycles. The van der Waals surface area contributed by atoms with E-state index in [0.29, 0.717) is 12.3 Å². The average Bonchev–Trinajstić information content (AvgIpc) is 2.18. The van der Waals surface area contributed by atoms with E-state index in [-0.39, 0.29) is 5.92 Å². The summed E-state index contributed by atoms with van der Waals surface area (Å²) in [6.45, 7) is 6.33. The zero-order valence-electron chi connectivity index (χ0n) is 10.4. The summed E-state index contributed by atoms with van der Waals surface area (Å²) in [7, 11) is 1.63. The van der Waals surface area contributed by atoms with Crippen molar-refractivity contribution in [1.82, 2.24) is 0 Å². The fraction of sp³-hybridized carbons (Fsp3) is 0.917. The van der Waals surface area contributed by atoms with Crippen LogP contribution in [0.25, 0.3) is 0 Å². The van der Waals surface area contributed by atoms with Crippen LogP contribution in [0.15, 0.2) is 0 Å². The highest BCUT2D eigenvalue weighted by molar-refractivity contribution is 4.87. The molecule has 0 radical (unpaired) electrons. The van der Waals surface area contributed by atoms with Gasteiger partial charge in [-0.2, -0.15) is 5.26 Å². The lowest BCUT2D eigenvalue weighted by molar-refractivity contribution is -0.0637. The number of methoxy groups -OCH3 is 1. The number of nitrogens with zero attached hydrogens (tertiary/aromatic N) is 1. The predicted octanol–water partition coefficient (Wildman–Crippen LogP) is 2.66. The Hall–Kier alpha value is -0.590. The first kappa shape index (κ1) is 14.4. The number of hydrogen-bond acceptors (Lipinski definition) is 3. The monoisotopic (exact) mass is 212 g/mol. The molecule has 0 spiro atoms. The second kappa shape index (κ2) is 6.81. The van der Waals surface area contributed by atoms with Crippen LogP contribution >= 0.6 is 0 Å². The Morgan fingerprint density at radius 2 is 2.07 bits per heavy atom. The van der Waals surface area contributed by atoms with Crippen molar-refractivity contribution in [3.05, 3.63) is 0 Å². The Bertz CT molecular complexity index is 212. The molecular formula is C12H24N2O. The Labute approximate surface area is 93.6 Å². The van der Waals surface area contributed by atoms with E-state index < -0.39 is 5.72 Å². The lowest BCUT2D eigenvalue weighted by Gasteiger charge is -2.35. The molecule has 15 heavy (non-hydrogen) atoms. The van der Waals surface area contributed by atoms with E-state index in [4.69, 9.17) is 15.7 Å². The number of rotatable bonds is 7. The van der Waals surface area contributed by atoms with Crippen LogP contribution in [0, 0.1) is 23.2 Å². The summed E-state index contributed by atoms with van der Waals surface area (Å²) in [5.41, 5.74) is 5.54. The van der Waals surface area contributed by atoms with Gasteiger partial charge in [-0.05, 0) is 12.3 Å². The van der Waals surface area contributed by atoms with E-state index in [2.05, 4.69) is 19.9 Å². The first-order valence-corrected chi connectivity index (χ1v) is 5.71. The van der Waals surface area contributed by atoms with Crippen LogP contribution in [0.4, 0.5) is 0 Å². The maximum Gasteiger partial charge on any atom is 0.120 e. The van der Waals surface area contributed by atoms with E-state index in [1.165, 1.54) is 0 Å². The molecule has 0 fully saturated rings. The van der Waals surface area contributed by atoms with Crippen molar-refractivity contribution in [3.8, 4) is 6.07 Å². The highest BCUT2D eigenvalue weighted by Crippen LogP contribution is 2.27. The molecule has 0 saturated carbocycles. The second-order valence-electron chi connectivity index (χ2n) is 4.52. The molecule has 0 rings (SSSR count). The summed E-state index contributed by atoms with van der Waals surface area (Å²) in [5.74, 6) is 0.618. The van der Waals surface area contributed by atoms with E-state index in [1.807, 2.05) is 6.92 Å². The van der Waals surface area contributed by atoms with Crippen LogP contribution in [0.5, 0.6) is 0 Å². The highest BCUT2D eigenvalue weighted by Gasteiger charge is 2.32. The Balaban J connectivity index is 4.36. The number of nitriles is 1. The standard InChI is InChI=1S/C12H24N2O/c1-5-6-10(2)9-12(14,15-4)11(3)7-8-13/h10-11H,5-7,9,14H2,1-4H3. The summed E-state index contributed by atoms with van der Waals surface area (Å²) in [4.78, 5) is 0. The average molecular weight is 212 g/mol. The lowest BCUT2D eigenvalue weighted by Crippen LogP contribution is -2.49. The molecule has 3 unspecified atom stereocenters. The highest BCUT2D eigenvalue weighted by atomic mass is 16.5. The molecule has 3 atom stereocenters. The van der Waals surface area contributed by atoms with Crippen molar-refractivity contribution in [2.45, 2.75) is 52.2 Å². The zero-order valence-corrected chi connectivity index (χ0v) is 10.4. The first-order valence-electron chi connectivity index (χ1n) is 5.71. The minimum absolute atomic E-state index is 0.0757. The molecule has 0 bridgehead atoms. The van der Waals surface area contributed by atoms with Crippen LogP contribution in [-0.4, -0.2) is 12.8 Å². The van der Waals surface area contributed by atoms with Gasteiger partial charge in [-0.1, -0.05) is 33.6 Å². The minimum Gasteiger partial charge on any atom is -0.364 e. The maximum atomic E-state index is 8.67. The van der Waals surface area contributed by atoms with Crippen LogP contribution in [-0.2, 0) is 4.74 Å². The number of hydrogen-bond donors (Lipinski definition) is 1. The number of ether oxygens (including phenoxy) is 1. The summed E-state index contributed by atoms with van der Waals surface area (Å²) < 4.78 is 5.40. The molecule has 0 aromatic rings. The summed E-state index contributed by atoms with van der Waals surface area (Å²) in [5, 5.41) is 8.67. The van der Waals surface area contributed by atoms with Gasteiger partial charge < -0.3 is 10.5 Å². The maximum absolute atomic E-state index is 8.67. The fourth-order valence-electron chi connectivity index (χ4n) is 1.93. The van der Waals surface area contributed by atoms with E-state index >= 15 is 0 Å². The smallest absolute Gasteiger partial charge is 0.120 e. The molecule has 0 heterocycles. The molecule has 0 aromatic heterocycles. The molecule has 0 amide bonds. The van der Waals surface area contributed by atoms with Crippen molar-refractivity contribution in [1.29, 1.82) is 5.26 Å². The molecule has 2 N–H and O–H groups in total. The van der Waals surface area contributed by atoms with Crippen molar-refractivity contribution in [2.75, 3.05) is 7.11 Å². The molecule has 0 aliphatic heterocycles. The number of nitrogens with two attached hydrogens (primary N) is 1. The van der Waals surface area contributed by atoms with Gasteiger partial charge in [0.1, 0.15) is 5.72 Å². The van der Waals surface area contributed by atoms with Gasteiger partial charge in [-0.3, -0.25) is 0 Å². The zero-order chi connectivity index (χ0) is 11.9. The molecule has 0 aliphatic carbocycles. The lowest BCUT2D eigenvalue weighted by atomic mass is 9.86. The van der Waals surface area contributed by atoms with Gasteiger partial charge in [0.15, 0.2) is 0 Å². The van der Waals surface area contributed by atoms with Gasteiger partial charge in [0, 0.05) is 19.4 Å². The van der Waals surface area contributed by atoms with Crippen LogP contribution in [0.2, 0.25) is 0 Å². The first-order chi connectivity index (χ1) is 7.00. The van der Waals surface area contributed by atoms with Gasteiger partial charge >= 0.3 is 0 Å². The minimum atomic E-state index is -0.648. The molecule has 88 valence electrons. The van der Waals surface area contributed by atoms with Crippen molar-refractivity contribution >= 4 is 0 Å². The third-order valence-corrected chi connectivity index (χ3v) is 3.06. The summed E-state index contributed by atoms with van der Waals surface area (Å²) in [6, 6.07) is 2.15. The van der Waals surface area contributed by atoms with Crippen LogP contribution in [0.3, 0.4) is 0 Å².